The van der Waals surface area contributed by atoms with E-state index in [1.165, 1.54) is 30.5 Å². The van der Waals surface area contributed by atoms with E-state index in [0.29, 0.717) is 29.9 Å². The maximum absolute atomic E-state index is 11.7. The summed E-state index contributed by atoms with van der Waals surface area (Å²) in [5.41, 5.74) is 3.48. The highest BCUT2D eigenvalue weighted by molar-refractivity contribution is 6.11. The zero-order valence-corrected chi connectivity index (χ0v) is 18.8. The number of carbonyl (C=O) groups is 3. The molecule has 0 saturated heterocycles. The SMILES string of the molecule is C.C.C1c2c(-c3nn[nH]n3)n[nH]c2[C@@H]2C[C@H]12.O=C(c1nn[nH]n1)C1C[C@H]2C[C@H]2C1=O.O=C1CC[C@H]2CC12. The van der Waals surface area contributed by atoms with Crippen LogP contribution in [0.5, 0.6) is 0 Å². The molecule has 0 amide bonds. The van der Waals surface area contributed by atoms with Crippen LogP contribution in [0.25, 0.3) is 11.5 Å². The van der Waals surface area contributed by atoms with Gasteiger partial charge >= 0.3 is 0 Å². The van der Waals surface area contributed by atoms with Crippen molar-refractivity contribution < 1.29 is 14.4 Å². The lowest BCUT2D eigenvalue weighted by atomic mass is 9.97. The van der Waals surface area contributed by atoms with Gasteiger partial charge in [-0.2, -0.15) is 15.5 Å². The van der Waals surface area contributed by atoms with Crippen LogP contribution in [0.2, 0.25) is 0 Å². The van der Waals surface area contributed by atoms with E-state index >= 15 is 0 Å². The molecular formula is C24H32N10O3. The van der Waals surface area contributed by atoms with Gasteiger partial charge < -0.3 is 0 Å². The largest absolute Gasteiger partial charge is 0.299 e. The number of carbonyl (C=O) groups excluding carboxylic acids is 3. The van der Waals surface area contributed by atoms with Crippen LogP contribution in [0, 0.1) is 35.5 Å². The number of rotatable bonds is 3. The van der Waals surface area contributed by atoms with Crippen molar-refractivity contribution in [1.29, 1.82) is 0 Å². The van der Waals surface area contributed by atoms with E-state index in [9.17, 15) is 14.4 Å². The number of Topliss-reactive ketones (excluding diaryl/α,β-unsaturated/α-hetero) is 3. The van der Waals surface area contributed by atoms with Crippen molar-refractivity contribution in [2.45, 2.75) is 65.7 Å². The molecular weight excluding hydrogens is 476 g/mol. The maximum Gasteiger partial charge on any atom is 0.240 e. The second-order valence-corrected chi connectivity index (χ2v) is 10.5. The molecule has 0 radical (unpaired) electrons. The van der Waals surface area contributed by atoms with E-state index in [4.69, 9.17) is 0 Å². The van der Waals surface area contributed by atoms with Crippen molar-refractivity contribution in [2.75, 3.05) is 0 Å². The summed E-state index contributed by atoms with van der Waals surface area (Å²) in [4.78, 5) is 33.9. The molecule has 5 saturated carbocycles. The highest BCUT2D eigenvalue weighted by Crippen LogP contribution is 2.56. The summed E-state index contributed by atoms with van der Waals surface area (Å²) in [5.74, 6) is 4.02. The van der Waals surface area contributed by atoms with Crippen molar-refractivity contribution in [1.82, 2.24) is 51.4 Å². The average molecular weight is 509 g/mol. The van der Waals surface area contributed by atoms with E-state index < -0.39 is 5.92 Å². The molecule has 6 aliphatic rings. The number of fused-ring (bicyclic) bond motifs is 5. The molecule has 9 rings (SSSR count). The highest BCUT2D eigenvalue weighted by Gasteiger charge is 2.55. The third-order valence-corrected chi connectivity index (χ3v) is 8.37. The summed E-state index contributed by atoms with van der Waals surface area (Å²) in [7, 11) is 0. The number of hydrogen-bond acceptors (Lipinski definition) is 10. The third-order valence-electron chi connectivity index (χ3n) is 8.37. The Morgan fingerprint density at radius 3 is 2.14 bits per heavy atom. The van der Waals surface area contributed by atoms with E-state index in [1.807, 2.05) is 0 Å². The molecule has 0 aliphatic heterocycles. The lowest BCUT2D eigenvalue weighted by Crippen LogP contribution is -2.22. The molecule has 3 heterocycles. The van der Waals surface area contributed by atoms with Gasteiger partial charge in [0.15, 0.2) is 0 Å². The molecule has 0 bridgehead atoms. The topological polar surface area (TPSA) is 189 Å². The predicted molar refractivity (Wildman–Crippen MR) is 129 cm³/mol. The van der Waals surface area contributed by atoms with Crippen molar-refractivity contribution in [3.8, 4) is 11.5 Å². The summed E-state index contributed by atoms with van der Waals surface area (Å²) >= 11 is 0. The number of ketones is 3. The van der Waals surface area contributed by atoms with Crippen LogP contribution in [-0.4, -0.2) is 68.8 Å². The Kier molecular flexibility index (Phi) is 6.32. The Morgan fingerprint density at radius 2 is 1.57 bits per heavy atom. The molecule has 37 heavy (non-hydrogen) atoms. The van der Waals surface area contributed by atoms with Gasteiger partial charge in [0.05, 0.1) is 5.92 Å². The first-order valence-corrected chi connectivity index (χ1v) is 12.2. The van der Waals surface area contributed by atoms with Crippen LogP contribution in [0.1, 0.15) is 81.2 Å². The minimum atomic E-state index is -0.503. The van der Waals surface area contributed by atoms with Gasteiger partial charge in [0.25, 0.3) is 0 Å². The van der Waals surface area contributed by atoms with Crippen LogP contribution >= 0.6 is 0 Å². The number of aromatic nitrogens is 10. The van der Waals surface area contributed by atoms with E-state index in [0.717, 1.165) is 42.7 Å². The van der Waals surface area contributed by atoms with Crippen LogP contribution in [0.4, 0.5) is 0 Å². The van der Waals surface area contributed by atoms with Crippen LogP contribution in [-0.2, 0) is 16.0 Å². The highest BCUT2D eigenvalue weighted by atomic mass is 16.2. The number of nitrogens with one attached hydrogen (secondary N) is 3. The molecule has 3 N–H and O–H groups in total. The summed E-state index contributed by atoms with van der Waals surface area (Å²) in [5, 5.41) is 33.9. The van der Waals surface area contributed by atoms with Gasteiger partial charge in [-0.1, -0.05) is 14.9 Å². The molecule has 13 nitrogen and oxygen atoms in total. The molecule has 13 heteroatoms. The van der Waals surface area contributed by atoms with Crippen LogP contribution in [0.15, 0.2) is 0 Å². The zero-order valence-electron chi connectivity index (χ0n) is 18.8. The van der Waals surface area contributed by atoms with Gasteiger partial charge in [0, 0.05) is 35.4 Å². The number of H-pyrrole nitrogens is 3. The number of nitrogens with zero attached hydrogens (tertiary/aromatic N) is 7. The Labute approximate surface area is 213 Å². The van der Waals surface area contributed by atoms with Crippen molar-refractivity contribution in [2.24, 2.45) is 35.5 Å². The minimum Gasteiger partial charge on any atom is -0.299 e. The monoisotopic (exact) mass is 508 g/mol. The lowest BCUT2D eigenvalue weighted by Gasteiger charge is -2.04. The van der Waals surface area contributed by atoms with E-state index in [1.54, 1.807) is 0 Å². The number of aromatic amines is 3. The van der Waals surface area contributed by atoms with E-state index in [-0.39, 0.29) is 38.2 Å². The quantitative estimate of drug-likeness (QED) is 0.349. The van der Waals surface area contributed by atoms with Gasteiger partial charge in [-0.05, 0) is 66.7 Å². The number of hydrogen-bond donors (Lipinski definition) is 3. The van der Waals surface area contributed by atoms with Gasteiger partial charge in [0.2, 0.25) is 17.4 Å². The second kappa shape index (κ2) is 9.34. The van der Waals surface area contributed by atoms with Crippen molar-refractivity contribution in [3.63, 3.8) is 0 Å². The molecule has 0 spiro atoms. The summed E-state index contributed by atoms with van der Waals surface area (Å²) in [6, 6.07) is 0. The fourth-order valence-electron chi connectivity index (χ4n) is 6.09. The van der Waals surface area contributed by atoms with Gasteiger partial charge in [-0.3, -0.25) is 19.5 Å². The Bertz CT molecular complexity index is 1300. The van der Waals surface area contributed by atoms with E-state index in [2.05, 4.69) is 51.4 Å². The minimum absolute atomic E-state index is 0. The third kappa shape index (κ3) is 4.40. The molecule has 7 atom stereocenters. The lowest BCUT2D eigenvalue weighted by molar-refractivity contribution is -0.121. The summed E-state index contributed by atoms with van der Waals surface area (Å²) < 4.78 is 0. The normalized spacial score (nSPS) is 32.2. The standard InChI is InChI=1S/C8H8N6.C8H8N4O2.C6H8O.2CH4/c1-3-2-5-6(4(1)3)9-10-7(5)8-11-13-14-12-8;13-6-4-1-3(4)2-5(6)7(14)8-9-11-12-10-8;7-6-2-1-4-3-5(4)6;;/h3-4H,1-2H2,(H,9,10)(H,11,12,13,14);3-5H,1-2H2,(H,9,10,11,12);4-5H,1-3H2;2*1H4/t3-,4-;3-,4-,5?;4-,5?;;/m110../s1. The predicted octanol–water partition coefficient (Wildman–Crippen LogP) is 2.11. The molecule has 3 aromatic rings. The molecule has 2 unspecified atom stereocenters. The Balaban J connectivity index is 0.000000116. The van der Waals surface area contributed by atoms with Crippen molar-refractivity contribution in [3.05, 3.63) is 17.1 Å². The van der Waals surface area contributed by atoms with Gasteiger partial charge in [0.1, 0.15) is 17.3 Å². The van der Waals surface area contributed by atoms with Gasteiger partial charge in [-0.25, -0.2) is 0 Å². The molecule has 196 valence electrons. The van der Waals surface area contributed by atoms with Crippen molar-refractivity contribution >= 4 is 17.3 Å². The maximum atomic E-state index is 11.7. The first-order chi connectivity index (χ1) is 17.1. The van der Waals surface area contributed by atoms with Gasteiger partial charge in [-0.15, -0.1) is 20.4 Å². The summed E-state index contributed by atoms with van der Waals surface area (Å²) in [6.45, 7) is 0. The summed E-state index contributed by atoms with van der Waals surface area (Å²) in [6.07, 6.45) is 7.39. The number of tetrazole rings is 2. The first kappa shape index (κ1) is 25.0. The second-order valence-electron chi connectivity index (χ2n) is 10.5. The molecule has 6 aliphatic carbocycles. The fourth-order valence-corrected chi connectivity index (χ4v) is 6.09. The zero-order chi connectivity index (χ0) is 23.7. The smallest absolute Gasteiger partial charge is 0.240 e. The fraction of sp³-hybridized carbons (Fsp3) is 0.667. The van der Waals surface area contributed by atoms with Crippen LogP contribution < -0.4 is 0 Å². The molecule has 0 aromatic carbocycles. The Hall–Kier alpha value is -3.64. The first-order valence-electron chi connectivity index (χ1n) is 12.2. The molecule has 3 aromatic heterocycles. The molecule has 5 fully saturated rings. The average Bonchev–Trinajstić information content (AvgIpc) is 3.63. The van der Waals surface area contributed by atoms with Crippen LogP contribution in [0.3, 0.4) is 0 Å². The Morgan fingerprint density at radius 1 is 0.811 bits per heavy atom.